The molecule has 0 spiro atoms. The van der Waals surface area contributed by atoms with E-state index >= 15 is 0 Å². The predicted octanol–water partition coefficient (Wildman–Crippen LogP) is 2.29. The van der Waals surface area contributed by atoms with Crippen LogP contribution in [-0.2, 0) is 14.9 Å². The van der Waals surface area contributed by atoms with Crippen LogP contribution < -0.4 is 10.1 Å². The molecule has 20 heavy (non-hydrogen) atoms. The van der Waals surface area contributed by atoms with E-state index in [2.05, 4.69) is 5.32 Å². The van der Waals surface area contributed by atoms with Crippen molar-refractivity contribution in [3.63, 3.8) is 0 Å². The number of nitrogens with one attached hydrogen (secondary N) is 1. The first-order valence-corrected chi connectivity index (χ1v) is 6.99. The fourth-order valence-corrected chi connectivity index (χ4v) is 2.06. The largest absolute Gasteiger partial charge is 0.455 e. The molecule has 0 heterocycles. The molecule has 0 saturated heterocycles. The lowest BCUT2D eigenvalue weighted by Crippen LogP contribution is -2.02. The summed E-state index contributed by atoms with van der Waals surface area (Å²) in [7, 11) is -4.34. The highest BCUT2D eigenvalue weighted by Gasteiger charge is 2.13. The maximum atomic E-state index is 11.1. The SMILES string of the molecule is O=CNc1cc(S(=O)(=O)O)ccc1Oc1ccccc1. The molecule has 7 heteroatoms. The fraction of sp³-hybridized carbons (Fsp3) is 0. The highest BCUT2D eigenvalue weighted by Crippen LogP contribution is 2.31. The molecule has 0 aliphatic heterocycles. The minimum atomic E-state index is -4.34. The van der Waals surface area contributed by atoms with Crippen LogP contribution in [0.25, 0.3) is 0 Å². The maximum Gasteiger partial charge on any atom is 0.294 e. The molecule has 0 unspecified atom stereocenters. The Labute approximate surface area is 115 Å². The van der Waals surface area contributed by atoms with Crippen LogP contribution in [0.1, 0.15) is 0 Å². The Bertz CT molecular complexity index is 713. The van der Waals surface area contributed by atoms with Crippen LogP contribution in [0, 0.1) is 0 Å². The molecule has 1 amide bonds. The van der Waals surface area contributed by atoms with Gasteiger partial charge in [0, 0.05) is 0 Å². The molecule has 2 aromatic rings. The summed E-state index contributed by atoms with van der Waals surface area (Å²) >= 11 is 0. The zero-order chi connectivity index (χ0) is 14.6. The number of rotatable bonds is 5. The molecule has 2 rings (SSSR count). The van der Waals surface area contributed by atoms with Gasteiger partial charge in [0.1, 0.15) is 5.75 Å². The first-order chi connectivity index (χ1) is 9.50. The molecule has 0 aromatic heterocycles. The highest BCUT2D eigenvalue weighted by molar-refractivity contribution is 7.85. The van der Waals surface area contributed by atoms with Crippen molar-refractivity contribution >= 4 is 22.2 Å². The van der Waals surface area contributed by atoms with E-state index in [1.807, 2.05) is 6.07 Å². The number of ether oxygens (including phenoxy) is 1. The third kappa shape index (κ3) is 3.34. The summed E-state index contributed by atoms with van der Waals surface area (Å²) < 4.78 is 36.6. The van der Waals surface area contributed by atoms with E-state index in [1.54, 1.807) is 24.3 Å². The Morgan fingerprint density at radius 3 is 2.40 bits per heavy atom. The monoisotopic (exact) mass is 293 g/mol. The maximum absolute atomic E-state index is 11.1. The van der Waals surface area contributed by atoms with Gasteiger partial charge < -0.3 is 10.1 Å². The molecule has 0 radical (unpaired) electrons. The van der Waals surface area contributed by atoms with Crippen molar-refractivity contribution in [2.24, 2.45) is 0 Å². The van der Waals surface area contributed by atoms with E-state index in [0.717, 1.165) is 6.07 Å². The second kappa shape index (κ2) is 5.72. The zero-order valence-corrected chi connectivity index (χ0v) is 11.0. The average molecular weight is 293 g/mol. The van der Waals surface area contributed by atoms with Crippen molar-refractivity contribution in [1.82, 2.24) is 0 Å². The lowest BCUT2D eigenvalue weighted by molar-refractivity contribution is -0.105. The summed E-state index contributed by atoms with van der Waals surface area (Å²) in [6.45, 7) is 0. The second-order valence-corrected chi connectivity index (χ2v) is 5.23. The number of hydrogen-bond donors (Lipinski definition) is 2. The summed E-state index contributed by atoms with van der Waals surface area (Å²) in [5.74, 6) is 0.789. The molecule has 2 aromatic carbocycles. The van der Waals surface area contributed by atoms with Crippen LogP contribution in [0.5, 0.6) is 11.5 Å². The molecule has 0 fully saturated rings. The van der Waals surface area contributed by atoms with Gasteiger partial charge in [0.05, 0.1) is 10.6 Å². The van der Waals surface area contributed by atoms with Gasteiger partial charge in [-0.1, -0.05) is 18.2 Å². The quantitative estimate of drug-likeness (QED) is 0.651. The smallest absolute Gasteiger partial charge is 0.294 e. The Balaban J connectivity index is 2.40. The number of para-hydroxylation sites is 1. The van der Waals surface area contributed by atoms with Gasteiger partial charge in [-0.25, -0.2) is 0 Å². The van der Waals surface area contributed by atoms with Crippen LogP contribution in [0.15, 0.2) is 53.4 Å². The Hall–Kier alpha value is -2.38. The minimum Gasteiger partial charge on any atom is -0.455 e. The number of hydrogen-bond acceptors (Lipinski definition) is 4. The highest BCUT2D eigenvalue weighted by atomic mass is 32.2. The molecule has 6 nitrogen and oxygen atoms in total. The van der Waals surface area contributed by atoms with E-state index in [1.165, 1.54) is 12.1 Å². The summed E-state index contributed by atoms with van der Waals surface area (Å²) in [4.78, 5) is 10.2. The van der Waals surface area contributed by atoms with Gasteiger partial charge in [0.15, 0.2) is 5.75 Å². The van der Waals surface area contributed by atoms with Gasteiger partial charge in [-0.15, -0.1) is 0 Å². The number of amides is 1. The third-order valence-electron chi connectivity index (χ3n) is 2.43. The number of carbonyl (C=O) groups excluding carboxylic acids is 1. The van der Waals surface area contributed by atoms with Crippen molar-refractivity contribution in [1.29, 1.82) is 0 Å². The van der Waals surface area contributed by atoms with Gasteiger partial charge in [-0.3, -0.25) is 9.35 Å². The molecule has 104 valence electrons. The Kier molecular flexibility index (Phi) is 4.02. The van der Waals surface area contributed by atoms with Crippen molar-refractivity contribution in [2.45, 2.75) is 4.90 Å². The van der Waals surface area contributed by atoms with Gasteiger partial charge in [0.25, 0.3) is 10.1 Å². The van der Waals surface area contributed by atoms with E-state index in [0.29, 0.717) is 12.2 Å². The predicted molar refractivity (Wildman–Crippen MR) is 72.5 cm³/mol. The van der Waals surface area contributed by atoms with Crippen molar-refractivity contribution in [3.8, 4) is 11.5 Å². The van der Waals surface area contributed by atoms with Crippen molar-refractivity contribution in [2.75, 3.05) is 5.32 Å². The van der Waals surface area contributed by atoms with Gasteiger partial charge in [-0.2, -0.15) is 8.42 Å². The van der Waals surface area contributed by atoms with E-state index in [9.17, 15) is 13.2 Å². The molecule has 0 aliphatic carbocycles. The van der Waals surface area contributed by atoms with Crippen molar-refractivity contribution in [3.05, 3.63) is 48.5 Å². The lowest BCUT2D eigenvalue weighted by Gasteiger charge is -2.11. The molecule has 0 aliphatic rings. The normalized spacial score (nSPS) is 10.8. The van der Waals surface area contributed by atoms with Crippen LogP contribution in [-0.4, -0.2) is 19.4 Å². The molecule has 0 atom stereocenters. The number of carbonyl (C=O) groups is 1. The van der Waals surface area contributed by atoms with Crippen LogP contribution in [0.3, 0.4) is 0 Å². The Morgan fingerprint density at radius 2 is 1.80 bits per heavy atom. The van der Waals surface area contributed by atoms with Crippen LogP contribution >= 0.6 is 0 Å². The number of anilines is 1. The zero-order valence-electron chi connectivity index (χ0n) is 10.2. The van der Waals surface area contributed by atoms with Gasteiger partial charge in [-0.05, 0) is 30.3 Å². The van der Waals surface area contributed by atoms with Crippen LogP contribution in [0.2, 0.25) is 0 Å². The minimum absolute atomic E-state index is 0.138. The first-order valence-electron chi connectivity index (χ1n) is 5.55. The third-order valence-corrected chi connectivity index (χ3v) is 3.28. The average Bonchev–Trinajstić information content (AvgIpc) is 2.41. The molecular formula is C13H11NO5S. The summed E-state index contributed by atoms with van der Waals surface area (Å²) in [6, 6.07) is 12.4. The first kappa shape index (κ1) is 14.0. The van der Waals surface area contributed by atoms with Gasteiger partial charge >= 0.3 is 0 Å². The number of benzene rings is 2. The van der Waals surface area contributed by atoms with Gasteiger partial charge in [0.2, 0.25) is 6.41 Å². The van der Waals surface area contributed by atoms with Crippen molar-refractivity contribution < 1.29 is 22.5 Å². The molecule has 0 bridgehead atoms. The summed E-state index contributed by atoms with van der Waals surface area (Å²) in [5, 5.41) is 2.33. The Morgan fingerprint density at radius 1 is 1.10 bits per heavy atom. The van der Waals surface area contributed by atoms with E-state index < -0.39 is 10.1 Å². The second-order valence-electron chi connectivity index (χ2n) is 3.81. The van der Waals surface area contributed by atoms with Crippen LogP contribution in [0.4, 0.5) is 5.69 Å². The summed E-state index contributed by atoms with van der Waals surface area (Å²) in [5.41, 5.74) is 0.138. The fourth-order valence-electron chi connectivity index (χ4n) is 1.55. The summed E-state index contributed by atoms with van der Waals surface area (Å²) in [6.07, 6.45) is 0.390. The molecule has 2 N–H and O–H groups in total. The van der Waals surface area contributed by atoms with E-state index in [-0.39, 0.29) is 16.3 Å². The molecular weight excluding hydrogens is 282 g/mol. The topological polar surface area (TPSA) is 92.7 Å². The lowest BCUT2D eigenvalue weighted by atomic mass is 10.3. The standard InChI is InChI=1S/C13H11NO5S/c15-9-14-12-8-11(20(16,17)18)6-7-13(12)19-10-4-2-1-3-5-10/h1-9H,(H,14,15)(H,16,17,18). The molecule has 0 saturated carbocycles. The van der Waals surface area contributed by atoms with E-state index in [4.69, 9.17) is 9.29 Å².